The van der Waals surface area contributed by atoms with E-state index in [9.17, 15) is 18.0 Å². The largest absolute Gasteiger partial charge is 0.416 e. The van der Waals surface area contributed by atoms with Gasteiger partial charge in [0.05, 0.1) is 12.0 Å². The van der Waals surface area contributed by atoms with E-state index in [1.807, 2.05) is 0 Å². The minimum Gasteiger partial charge on any atom is -0.359 e. The molecule has 126 valence electrons. The SMILES string of the molecule is O=C(Cc1cccc(C(F)(F)F)c1)NNC(=S)NC1CCCC1. The van der Waals surface area contributed by atoms with Crippen LogP contribution in [0.3, 0.4) is 0 Å². The Morgan fingerprint density at radius 2 is 1.91 bits per heavy atom. The maximum atomic E-state index is 12.6. The molecule has 23 heavy (non-hydrogen) atoms. The molecule has 0 heterocycles. The van der Waals surface area contributed by atoms with Gasteiger partial charge in [-0.1, -0.05) is 31.0 Å². The highest BCUT2D eigenvalue weighted by molar-refractivity contribution is 7.80. The predicted molar refractivity (Wildman–Crippen MR) is 84.4 cm³/mol. The van der Waals surface area contributed by atoms with Crippen LogP contribution in [0.25, 0.3) is 0 Å². The molecule has 8 heteroatoms. The summed E-state index contributed by atoms with van der Waals surface area (Å²) in [6, 6.07) is 5.01. The van der Waals surface area contributed by atoms with Crippen molar-refractivity contribution in [3.63, 3.8) is 0 Å². The van der Waals surface area contributed by atoms with Crippen molar-refractivity contribution in [2.45, 2.75) is 44.3 Å². The maximum absolute atomic E-state index is 12.6. The maximum Gasteiger partial charge on any atom is 0.416 e. The quantitative estimate of drug-likeness (QED) is 0.582. The first-order chi connectivity index (χ1) is 10.8. The lowest BCUT2D eigenvalue weighted by atomic mass is 10.1. The average molecular weight is 345 g/mol. The molecular weight excluding hydrogens is 327 g/mol. The molecule has 4 nitrogen and oxygen atoms in total. The average Bonchev–Trinajstić information content (AvgIpc) is 2.97. The van der Waals surface area contributed by atoms with Gasteiger partial charge in [-0.3, -0.25) is 15.6 Å². The third-order valence-corrected chi connectivity index (χ3v) is 3.84. The number of hydrazine groups is 1. The van der Waals surface area contributed by atoms with Gasteiger partial charge in [-0.15, -0.1) is 0 Å². The Bertz CT molecular complexity index is 571. The van der Waals surface area contributed by atoms with Gasteiger partial charge in [0, 0.05) is 6.04 Å². The van der Waals surface area contributed by atoms with Crippen LogP contribution in [0.4, 0.5) is 13.2 Å². The number of thiocarbonyl (C=S) groups is 1. The van der Waals surface area contributed by atoms with Crippen LogP contribution in [-0.2, 0) is 17.4 Å². The van der Waals surface area contributed by atoms with Crippen LogP contribution < -0.4 is 16.2 Å². The first-order valence-corrected chi connectivity index (χ1v) is 7.77. The molecule has 1 saturated carbocycles. The zero-order chi connectivity index (χ0) is 16.9. The van der Waals surface area contributed by atoms with Crippen molar-refractivity contribution in [1.29, 1.82) is 0 Å². The number of benzene rings is 1. The van der Waals surface area contributed by atoms with Crippen LogP contribution in [0, 0.1) is 0 Å². The highest BCUT2D eigenvalue weighted by Gasteiger charge is 2.30. The normalized spacial score (nSPS) is 15.3. The summed E-state index contributed by atoms with van der Waals surface area (Å²) in [4.78, 5) is 11.8. The Kier molecular flexibility index (Phi) is 5.81. The fraction of sp³-hybridized carbons (Fsp3) is 0.467. The minimum absolute atomic E-state index is 0.164. The second kappa shape index (κ2) is 7.63. The molecule has 3 N–H and O–H groups in total. The standard InChI is InChI=1S/C15H18F3N3OS/c16-15(17,18)11-5-3-4-10(8-11)9-13(22)20-21-14(23)19-12-6-1-2-7-12/h3-5,8,12H,1-2,6-7,9H2,(H,20,22)(H2,19,21,23). The van der Waals surface area contributed by atoms with Gasteiger partial charge in [-0.25, -0.2) is 0 Å². The van der Waals surface area contributed by atoms with Crippen LogP contribution in [0.1, 0.15) is 36.8 Å². The summed E-state index contributed by atoms with van der Waals surface area (Å²) in [5.41, 5.74) is 4.48. The van der Waals surface area contributed by atoms with Crippen LogP contribution in [0.2, 0.25) is 0 Å². The smallest absolute Gasteiger partial charge is 0.359 e. The summed E-state index contributed by atoms with van der Waals surface area (Å²) in [5, 5.41) is 3.40. The third kappa shape index (κ3) is 5.70. The van der Waals surface area contributed by atoms with Crippen LogP contribution in [0.5, 0.6) is 0 Å². The number of hydrogen-bond acceptors (Lipinski definition) is 2. The van der Waals surface area contributed by atoms with Gasteiger partial charge in [-0.05, 0) is 36.7 Å². The van der Waals surface area contributed by atoms with Crippen molar-refractivity contribution in [3.8, 4) is 0 Å². The van der Waals surface area contributed by atoms with Crippen LogP contribution in [-0.4, -0.2) is 17.1 Å². The molecule has 1 aliphatic rings. The Labute approximate surface area is 137 Å². The number of halogens is 3. The van der Waals surface area contributed by atoms with E-state index in [1.54, 1.807) is 0 Å². The Morgan fingerprint density at radius 1 is 1.22 bits per heavy atom. The second-order valence-corrected chi connectivity index (χ2v) is 5.91. The van der Waals surface area contributed by atoms with Gasteiger partial charge in [0.15, 0.2) is 5.11 Å². The molecule has 1 aromatic carbocycles. The van der Waals surface area contributed by atoms with E-state index < -0.39 is 17.6 Å². The number of rotatable bonds is 3. The summed E-state index contributed by atoms with van der Waals surface area (Å²) in [7, 11) is 0. The molecule has 0 atom stereocenters. The van der Waals surface area contributed by atoms with Gasteiger partial charge >= 0.3 is 6.18 Å². The van der Waals surface area contributed by atoms with Crippen molar-refractivity contribution >= 4 is 23.2 Å². The summed E-state index contributed by atoms with van der Waals surface area (Å²) < 4.78 is 37.8. The number of hydrogen-bond donors (Lipinski definition) is 3. The topological polar surface area (TPSA) is 53.2 Å². The summed E-state index contributed by atoms with van der Waals surface area (Å²) >= 11 is 5.06. The van der Waals surface area contributed by atoms with E-state index >= 15 is 0 Å². The van der Waals surface area contributed by atoms with Crippen molar-refractivity contribution in [2.24, 2.45) is 0 Å². The fourth-order valence-electron chi connectivity index (χ4n) is 2.51. The van der Waals surface area contributed by atoms with E-state index in [2.05, 4.69) is 16.2 Å². The molecule has 0 spiro atoms. The number of alkyl halides is 3. The molecule has 0 aromatic heterocycles. The first-order valence-electron chi connectivity index (χ1n) is 7.36. The number of carbonyl (C=O) groups excluding carboxylic acids is 1. The van der Waals surface area contributed by atoms with Crippen molar-refractivity contribution in [3.05, 3.63) is 35.4 Å². The van der Waals surface area contributed by atoms with Crippen molar-refractivity contribution in [1.82, 2.24) is 16.2 Å². The molecule has 1 aliphatic carbocycles. The number of carbonyl (C=O) groups is 1. The van der Waals surface area contributed by atoms with Gasteiger partial charge in [0.1, 0.15) is 0 Å². The van der Waals surface area contributed by atoms with Crippen LogP contribution >= 0.6 is 12.2 Å². The minimum atomic E-state index is -4.42. The molecular formula is C15H18F3N3OS. The van der Waals surface area contributed by atoms with Crippen molar-refractivity contribution < 1.29 is 18.0 Å². The van der Waals surface area contributed by atoms with Crippen molar-refractivity contribution in [2.75, 3.05) is 0 Å². The second-order valence-electron chi connectivity index (χ2n) is 5.50. The molecule has 1 amide bonds. The molecule has 2 rings (SSSR count). The Hall–Kier alpha value is -1.83. The van der Waals surface area contributed by atoms with E-state index in [1.165, 1.54) is 12.1 Å². The predicted octanol–water partition coefficient (Wildman–Crippen LogP) is 2.69. The zero-order valence-electron chi connectivity index (χ0n) is 12.4. The van der Waals surface area contributed by atoms with E-state index in [-0.39, 0.29) is 12.0 Å². The molecule has 0 radical (unpaired) electrons. The fourth-order valence-corrected chi connectivity index (χ4v) is 2.72. The molecule has 1 aromatic rings. The lowest BCUT2D eigenvalue weighted by Gasteiger charge is -2.16. The lowest BCUT2D eigenvalue weighted by Crippen LogP contribution is -2.49. The summed E-state index contributed by atoms with van der Waals surface area (Å²) in [5.74, 6) is -0.458. The third-order valence-electron chi connectivity index (χ3n) is 3.62. The van der Waals surface area contributed by atoms with E-state index in [4.69, 9.17) is 12.2 Å². The zero-order valence-corrected chi connectivity index (χ0v) is 13.2. The van der Waals surface area contributed by atoms with E-state index in [0.29, 0.717) is 11.2 Å². The van der Waals surface area contributed by atoms with Gasteiger partial charge in [0.2, 0.25) is 5.91 Å². The van der Waals surface area contributed by atoms with Crippen LogP contribution in [0.15, 0.2) is 24.3 Å². The molecule has 0 aliphatic heterocycles. The summed E-state index contributed by atoms with van der Waals surface area (Å²) in [6.45, 7) is 0. The molecule has 1 fully saturated rings. The molecule has 0 bridgehead atoms. The highest BCUT2D eigenvalue weighted by atomic mass is 32.1. The molecule has 0 saturated heterocycles. The lowest BCUT2D eigenvalue weighted by molar-refractivity contribution is -0.137. The van der Waals surface area contributed by atoms with Gasteiger partial charge in [0.25, 0.3) is 0 Å². The highest BCUT2D eigenvalue weighted by Crippen LogP contribution is 2.29. The van der Waals surface area contributed by atoms with E-state index in [0.717, 1.165) is 37.8 Å². The number of amides is 1. The van der Waals surface area contributed by atoms with Gasteiger partial charge in [-0.2, -0.15) is 13.2 Å². The van der Waals surface area contributed by atoms with Gasteiger partial charge < -0.3 is 5.32 Å². The summed E-state index contributed by atoms with van der Waals surface area (Å²) in [6.07, 6.45) is -0.190. The number of nitrogens with one attached hydrogen (secondary N) is 3. The monoisotopic (exact) mass is 345 g/mol. The first kappa shape index (κ1) is 17.5. The Morgan fingerprint density at radius 3 is 2.57 bits per heavy atom. The molecule has 0 unspecified atom stereocenters. The Balaban J connectivity index is 1.79.